The molecule has 1 aliphatic heterocycles. The molecule has 0 radical (unpaired) electrons. The van der Waals surface area contributed by atoms with E-state index in [-0.39, 0.29) is 30.1 Å². The maximum absolute atomic E-state index is 13.4. The molecule has 5 rings (SSSR count). The lowest BCUT2D eigenvalue weighted by atomic mass is 10.1. The van der Waals surface area contributed by atoms with Crippen LogP contribution in [-0.2, 0) is 4.79 Å². The van der Waals surface area contributed by atoms with Crippen molar-refractivity contribution in [3.8, 4) is 11.5 Å². The van der Waals surface area contributed by atoms with Crippen molar-refractivity contribution in [1.29, 1.82) is 0 Å². The molecule has 1 atom stereocenters. The fourth-order valence-corrected chi connectivity index (χ4v) is 4.63. The van der Waals surface area contributed by atoms with E-state index in [0.717, 1.165) is 5.56 Å². The zero-order valence-electron chi connectivity index (χ0n) is 17.9. The molecular formula is C25H21N3O4S. The first kappa shape index (κ1) is 21.1. The summed E-state index contributed by atoms with van der Waals surface area (Å²) in [7, 11) is 0. The number of carbonyl (C=O) groups excluding carboxylic acids is 1. The van der Waals surface area contributed by atoms with Gasteiger partial charge in [0.25, 0.3) is 5.56 Å². The number of para-hydroxylation sites is 1. The molecule has 0 fully saturated rings. The number of anilines is 1. The van der Waals surface area contributed by atoms with E-state index >= 15 is 0 Å². The molecule has 1 N–H and O–H groups in total. The van der Waals surface area contributed by atoms with Crippen LogP contribution in [0.3, 0.4) is 0 Å². The number of aromatic nitrogens is 2. The fourth-order valence-electron chi connectivity index (χ4n) is 3.75. The number of ether oxygens (including phenoxy) is 2. The molecule has 0 aliphatic carbocycles. The van der Waals surface area contributed by atoms with Crippen LogP contribution in [0, 0.1) is 0 Å². The Morgan fingerprint density at radius 1 is 1.06 bits per heavy atom. The maximum atomic E-state index is 13.4. The Labute approximate surface area is 194 Å². The second-order valence-electron chi connectivity index (χ2n) is 7.58. The topological polar surface area (TPSA) is 82.5 Å². The van der Waals surface area contributed by atoms with Gasteiger partial charge in [-0.05, 0) is 36.8 Å². The van der Waals surface area contributed by atoms with Crippen molar-refractivity contribution in [2.75, 3.05) is 17.9 Å². The van der Waals surface area contributed by atoms with Gasteiger partial charge in [0.2, 0.25) is 12.7 Å². The van der Waals surface area contributed by atoms with Gasteiger partial charge < -0.3 is 14.8 Å². The Morgan fingerprint density at radius 2 is 1.82 bits per heavy atom. The average molecular weight is 460 g/mol. The van der Waals surface area contributed by atoms with Crippen LogP contribution in [0.4, 0.5) is 5.69 Å². The highest BCUT2D eigenvalue weighted by Crippen LogP contribution is 2.34. The van der Waals surface area contributed by atoms with Crippen LogP contribution < -0.4 is 20.3 Å². The van der Waals surface area contributed by atoms with Crippen molar-refractivity contribution in [3.63, 3.8) is 0 Å². The summed E-state index contributed by atoms with van der Waals surface area (Å²) in [6.45, 7) is 2.14. The van der Waals surface area contributed by atoms with Crippen LogP contribution in [0.15, 0.2) is 82.7 Å². The van der Waals surface area contributed by atoms with Gasteiger partial charge in [0.15, 0.2) is 16.7 Å². The molecule has 8 heteroatoms. The van der Waals surface area contributed by atoms with Crippen molar-refractivity contribution in [1.82, 2.24) is 9.55 Å². The maximum Gasteiger partial charge on any atom is 0.262 e. The normalized spacial score (nSPS) is 13.1. The first-order valence-corrected chi connectivity index (χ1v) is 11.5. The number of thioether (sulfide) groups is 1. The van der Waals surface area contributed by atoms with E-state index in [0.29, 0.717) is 33.2 Å². The minimum absolute atomic E-state index is 0.0979. The third kappa shape index (κ3) is 4.29. The lowest BCUT2D eigenvalue weighted by molar-refractivity contribution is -0.113. The summed E-state index contributed by atoms with van der Waals surface area (Å²) in [5, 5.41) is 3.91. The van der Waals surface area contributed by atoms with Crippen LogP contribution >= 0.6 is 11.8 Å². The molecule has 0 spiro atoms. The molecule has 1 amide bonds. The van der Waals surface area contributed by atoms with Crippen molar-refractivity contribution in [3.05, 3.63) is 88.7 Å². The highest BCUT2D eigenvalue weighted by molar-refractivity contribution is 7.99. The second kappa shape index (κ2) is 8.99. The third-order valence-electron chi connectivity index (χ3n) is 5.43. The highest BCUT2D eigenvalue weighted by Gasteiger charge is 2.19. The Morgan fingerprint density at radius 3 is 2.67 bits per heavy atom. The number of fused-ring (bicyclic) bond motifs is 2. The SMILES string of the molecule is C[C@@H](c1ccccc1)n1c(SCC(=O)Nc2ccc3c(c2)OCO3)nc2ccccc2c1=O. The lowest BCUT2D eigenvalue weighted by Crippen LogP contribution is -2.27. The molecule has 2 heterocycles. The van der Waals surface area contributed by atoms with Crippen LogP contribution in [0.5, 0.6) is 11.5 Å². The predicted octanol–water partition coefficient (Wildman–Crippen LogP) is 4.47. The van der Waals surface area contributed by atoms with Gasteiger partial charge >= 0.3 is 0 Å². The predicted molar refractivity (Wildman–Crippen MR) is 128 cm³/mol. The summed E-state index contributed by atoms with van der Waals surface area (Å²) < 4.78 is 12.3. The lowest BCUT2D eigenvalue weighted by Gasteiger charge is -2.20. The number of benzene rings is 3. The molecule has 4 aromatic rings. The van der Waals surface area contributed by atoms with Crippen molar-refractivity contribution in [2.24, 2.45) is 0 Å². The van der Waals surface area contributed by atoms with Crippen molar-refractivity contribution in [2.45, 2.75) is 18.1 Å². The molecule has 1 aromatic heterocycles. The molecule has 0 saturated carbocycles. The van der Waals surface area contributed by atoms with Gasteiger partial charge in [0.05, 0.1) is 22.7 Å². The van der Waals surface area contributed by atoms with Crippen LogP contribution in [0.2, 0.25) is 0 Å². The van der Waals surface area contributed by atoms with Crippen molar-refractivity contribution < 1.29 is 14.3 Å². The number of amides is 1. The number of nitrogens with zero attached hydrogens (tertiary/aromatic N) is 2. The molecule has 33 heavy (non-hydrogen) atoms. The largest absolute Gasteiger partial charge is 0.454 e. The first-order valence-electron chi connectivity index (χ1n) is 10.5. The molecule has 7 nitrogen and oxygen atoms in total. The Hall–Kier alpha value is -3.78. The summed E-state index contributed by atoms with van der Waals surface area (Å²) in [4.78, 5) is 30.8. The zero-order valence-corrected chi connectivity index (χ0v) is 18.7. The molecule has 0 bridgehead atoms. The number of rotatable bonds is 6. The number of hydrogen-bond donors (Lipinski definition) is 1. The van der Waals surface area contributed by atoms with E-state index in [1.54, 1.807) is 28.8 Å². The minimum Gasteiger partial charge on any atom is -0.454 e. The monoisotopic (exact) mass is 459 g/mol. The van der Waals surface area contributed by atoms with Gasteiger partial charge in [-0.1, -0.05) is 54.2 Å². The molecule has 0 unspecified atom stereocenters. The smallest absolute Gasteiger partial charge is 0.262 e. The summed E-state index contributed by atoms with van der Waals surface area (Å²) in [5.74, 6) is 1.14. The van der Waals surface area contributed by atoms with Crippen LogP contribution in [0.25, 0.3) is 10.9 Å². The van der Waals surface area contributed by atoms with E-state index in [2.05, 4.69) is 5.32 Å². The zero-order chi connectivity index (χ0) is 22.8. The standard InChI is InChI=1S/C25H21N3O4S/c1-16(17-7-3-2-4-8-17)28-24(30)19-9-5-6-10-20(19)27-25(28)33-14-23(29)26-18-11-12-21-22(13-18)32-15-31-21/h2-13,16H,14-15H2,1H3,(H,26,29)/t16-/m0/s1. The summed E-state index contributed by atoms with van der Waals surface area (Å²) in [6.07, 6.45) is 0. The molecule has 1 aliphatic rings. The van der Waals surface area contributed by atoms with Gasteiger partial charge in [-0.15, -0.1) is 0 Å². The second-order valence-corrected chi connectivity index (χ2v) is 8.52. The number of hydrogen-bond acceptors (Lipinski definition) is 6. The third-order valence-corrected chi connectivity index (χ3v) is 6.39. The van der Waals surface area contributed by atoms with Crippen molar-refractivity contribution >= 4 is 34.3 Å². The van der Waals surface area contributed by atoms with Gasteiger partial charge in [0, 0.05) is 11.8 Å². The highest BCUT2D eigenvalue weighted by atomic mass is 32.2. The van der Waals surface area contributed by atoms with Crippen LogP contribution in [-0.4, -0.2) is 28.0 Å². The van der Waals surface area contributed by atoms with Gasteiger partial charge in [0.1, 0.15) is 0 Å². The Kier molecular flexibility index (Phi) is 5.75. The van der Waals surface area contributed by atoms with E-state index in [9.17, 15) is 9.59 Å². The molecule has 0 saturated heterocycles. The summed E-state index contributed by atoms with van der Waals surface area (Å²) >= 11 is 1.24. The van der Waals surface area contributed by atoms with E-state index in [4.69, 9.17) is 14.5 Å². The summed E-state index contributed by atoms with van der Waals surface area (Å²) in [5.41, 5.74) is 2.09. The van der Waals surface area contributed by atoms with Gasteiger partial charge in [-0.25, -0.2) is 4.98 Å². The van der Waals surface area contributed by atoms with E-state index < -0.39 is 0 Å². The number of nitrogens with one attached hydrogen (secondary N) is 1. The molecular weight excluding hydrogens is 438 g/mol. The van der Waals surface area contributed by atoms with E-state index in [1.807, 2.05) is 55.5 Å². The average Bonchev–Trinajstić information content (AvgIpc) is 3.31. The molecule has 3 aromatic carbocycles. The van der Waals surface area contributed by atoms with Gasteiger partial charge in [-0.3, -0.25) is 14.2 Å². The van der Waals surface area contributed by atoms with E-state index in [1.165, 1.54) is 11.8 Å². The van der Waals surface area contributed by atoms with Crippen LogP contribution in [0.1, 0.15) is 18.5 Å². The quantitative estimate of drug-likeness (QED) is 0.339. The van der Waals surface area contributed by atoms with Gasteiger partial charge in [-0.2, -0.15) is 0 Å². The minimum atomic E-state index is -0.241. The molecule has 166 valence electrons. The summed E-state index contributed by atoms with van der Waals surface area (Å²) in [6, 6.07) is 22.1. The first-order chi connectivity index (χ1) is 16.1. The Balaban J connectivity index is 1.42. The Bertz CT molecular complexity index is 1390. The number of carbonyl (C=O) groups is 1. The fraction of sp³-hybridized carbons (Fsp3) is 0.160.